The van der Waals surface area contributed by atoms with Crippen LogP contribution in [0.25, 0.3) is 10.4 Å². The van der Waals surface area contributed by atoms with E-state index in [2.05, 4.69) is 50.0 Å². The second-order valence-electron chi connectivity index (χ2n) is 15.8. The zero-order valence-electron chi connectivity index (χ0n) is 30.0. The number of thiazole rings is 1. The molecule has 1 N–H and O–H groups in total. The Morgan fingerprint density at radius 1 is 1.02 bits per heavy atom. The molecule has 1 saturated heterocycles. The minimum absolute atomic E-state index is 0.0578. The third-order valence-electron chi connectivity index (χ3n) is 12.3. The smallest absolute Gasteiger partial charge is 0.410 e. The van der Waals surface area contributed by atoms with Gasteiger partial charge in [-0.2, -0.15) is 0 Å². The summed E-state index contributed by atoms with van der Waals surface area (Å²) in [6.07, 6.45) is 12.7. The van der Waals surface area contributed by atoms with Crippen molar-refractivity contribution in [2.75, 3.05) is 38.3 Å². The lowest BCUT2D eigenvalue weighted by Crippen LogP contribution is -2.52. The molecule has 2 aromatic heterocycles. The van der Waals surface area contributed by atoms with Crippen LogP contribution >= 0.6 is 11.3 Å². The number of amides is 2. The number of anilines is 1. The SMILES string of the molecule is COc1ccc(C23CCC(CN(c4cc(-c5cnc(C(C)C)s5)ccn4)C(=O)[C@H]4CC[C@H](OC(=O)N5CC(CO)C5)CC4)(CC2)CC3)cc1C. The van der Waals surface area contributed by atoms with Gasteiger partial charge in [0.2, 0.25) is 5.91 Å². The number of hydrogen-bond donors (Lipinski definition) is 1. The van der Waals surface area contributed by atoms with Gasteiger partial charge in [0.25, 0.3) is 0 Å². The van der Waals surface area contributed by atoms with Crippen LogP contribution in [0.1, 0.15) is 100 Å². The maximum Gasteiger partial charge on any atom is 0.410 e. The van der Waals surface area contributed by atoms with Crippen molar-refractivity contribution in [1.82, 2.24) is 14.9 Å². The number of aryl methyl sites for hydroxylation is 1. The Hall–Kier alpha value is -3.50. The number of benzene rings is 1. The predicted octanol–water partition coefficient (Wildman–Crippen LogP) is 7.89. The Bertz CT molecular complexity index is 1670. The van der Waals surface area contributed by atoms with Crippen molar-refractivity contribution in [3.63, 3.8) is 0 Å². The lowest BCUT2D eigenvalue weighted by atomic mass is 9.51. The van der Waals surface area contributed by atoms with Crippen molar-refractivity contribution in [1.29, 1.82) is 0 Å². The summed E-state index contributed by atoms with van der Waals surface area (Å²) in [6.45, 7) is 8.32. The molecule has 0 atom stereocenters. The first-order chi connectivity index (χ1) is 24.1. The largest absolute Gasteiger partial charge is 0.496 e. The van der Waals surface area contributed by atoms with Gasteiger partial charge in [-0.1, -0.05) is 26.0 Å². The lowest BCUT2D eigenvalue weighted by molar-refractivity contribution is -0.124. The molecule has 1 aliphatic heterocycles. The standard InChI is InChI=1S/C40H52N4O5S/c1-26(2)36-42-21-34(50-36)30-11-18-41-35(20-30)44(37(46)29-5-8-32(9-6-29)49-38(47)43-22-28(23-43)24-45)25-39-12-15-40(16-13-39,17-14-39)31-7-10-33(48-4)27(3)19-31/h7,10-11,18-21,26,28-29,32,45H,5-6,8-9,12-17,22-25H2,1-4H3/t29-,32-,39?,40?. The van der Waals surface area contributed by atoms with Gasteiger partial charge in [0, 0.05) is 56.4 Å². The molecule has 4 aliphatic carbocycles. The number of carbonyl (C=O) groups excluding carboxylic acids is 2. The number of fused-ring (bicyclic) bond motifs is 3. The monoisotopic (exact) mass is 700 g/mol. The number of pyridine rings is 1. The molecule has 9 nitrogen and oxygen atoms in total. The van der Waals surface area contributed by atoms with Crippen LogP contribution in [0.3, 0.4) is 0 Å². The lowest BCUT2D eigenvalue weighted by Gasteiger charge is -2.55. The highest BCUT2D eigenvalue weighted by Crippen LogP contribution is 2.58. The van der Waals surface area contributed by atoms with Gasteiger partial charge in [-0.15, -0.1) is 11.3 Å². The van der Waals surface area contributed by atoms with E-state index in [1.807, 2.05) is 23.4 Å². The van der Waals surface area contributed by atoms with Crippen LogP contribution in [-0.2, 0) is 14.9 Å². The van der Waals surface area contributed by atoms with Crippen molar-refractivity contribution in [2.24, 2.45) is 17.3 Å². The molecule has 5 fully saturated rings. The zero-order valence-corrected chi connectivity index (χ0v) is 30.8. The summed E-state index contributed by atoms with van der Waals surface area (Å²) in [5.41, 5.74) is 3.91. The summed E-state index contributed by atoms with van der Waals surface area (Å²) >= 11 is 1.70. The third kappa shape index (κ3) is 6.90. The first kappa shape index (κ1) is 34.9. The number of rotatable bonds is 10. The van der Waals surface area contributed by atoms with E-state index in [0.29, 0.717) is 51.2 Å². The molecule has 0 unspecified atom stereocenters. The summed E-state index contributed by atoms with van der Waals surface area (Å²) < 4.78 is 11.4. The maximum atomic E-state index is 14.7. The molecule has 2 bridgehead atoms. The van der Waals surface area contributed by atoms with E-state index in [1.54, 1.807) is 23.3 Å². The first-order valence-corrected chi connectivity index (χ1v) is 19.4. The second kappa shape index (κ2) is 14.3. The zero-order chi connectivity index (χ0) is 35.0. The number of likely N-dealkylation sites (tertiary alicyclic amines) is 1. The van der Waals surface area contributed by atoms with E-state index in [-0.39, 0.29) is 47.4 Å². The second-order valence-corrected chi connectivity index (χ2v) is 16.9. The highest BCUT2D eigenvalue weighted by molar-refractivity contribution is 7.15. The molecule has 5 aliphatic rings. The summed E-state index contributed by atoms with van der Waals surface area (Å²) in [4.78, 5) is 41.6. The van der Waals surface area contributed by atoms with Crippen molar-refractivity contribution in [3.8, 4) is 16.2 Å². The topological polar surface area (TPSA) is 105 Å². The summed E-state index contributed by atoms with van der Waals surface area (Å²) in [5, 5.41) is 10.4. The number of aliphatic hydroxyl groups is 1. The molecule has 1 aromatic carbocycles. The first-order valence-electron chi connectivity index (χ1n) is 18.6. The van der Waals surface area contributed by atoms with E-state index in [9.17, 15) is 14.7 Å². The van der Waals surface area contributed by atoms with E-state index >= 15 is 0 Å². The summed E-state index contributed by atoms with van der Waals surface area (Å²) in [7, 11) is 1.73. The van der Waals surface area contributed by atoms with Gasteiger partial charge in [0.15, 0.2) is 0 Å². The average Bonchev–Trinajstić information content (AvgIpc) is 3.62. The molecule has 268 valence electrons. The number of aromatic nitrogens is 2. The molecule has 8 rings (SSSR count). The normalized spacial score (nSPS) is 26.5. The van der Waals surface area contributed by atoms with Crippen LogP contribution in [-0.4, -0.2) is 71.4 Å². The molecule has 4 saturated carbocycles. The van der Waals surface area contributed by atoms with Crippen LogP contribution in [0.5, 0.6) is 5.75 Å². The van der Waals surface area contributed by atoms with Crippen LogP contribution in [0.2, 0.25) is 0 Å². The molecule has 3 heterocycles. The Morgan fingerprint density at radius 3 is 2.36 bits per heavy atom. The maximum absolute atomic E-state index is 14.7. The van der Waals surface area contributed by atoms with Crippen molar-refractivity contribution < 1.29 is 24.2 Å². The van der Waals surface area contributed by atoms with Gasteiger partial charge in [-0.3, -0.25) is 9.69 Å². The van der Waals surface area contributed by atoms with E-state index < -0.39 is 0 Å². The van der Waals surface area contributed by atoms with Crippen molar-refractivity contribution >= 4 is 29.2 Å². The molecule has 2 amide bonds. The van der Waals surface area contributed by atoms with Gasteiger partial charge in [0.05, 0.1) is 17.0 Å². The number of carbonyl (C=O) groups is 2. The Balaban J connectivity index is 1.08. The molecule has 50 heavy (non-hydrogen) atoms. The summed E-state index contributed by atoms with van der Waals surface area (Å²) in [5.74, 6) is 2.17. The van der Waals surface area contributed by atoms with Gasteiger partial charge < -0.3 is 19.5 Å². The van der Waals surface area contributed by atoms with Gasteiger partial charge in [-0.05, 0) is 117 Å². The molecule has 0 radical (unpaired) electrons. The van der Waals surface area contributed by atoms with Crippen LogP contribution in [0, 0.1) is 24.2 Å². The van der Waals surface area contributed by atoms with Gasteiger partial charge >= 0.3 is 6.09 Å². The highest BCUT2D eigenvalue weighted by atomic mass is 32.1. The van der Waals surface area contributed by atoms with Gasteiger partial charge in [-0.25, -0.2) is 14.8 Å². The molecular weight excluding hydrogens is 649 g/mol. The number of methoxy groups -OCH3 is 1. The molecular formula is C40H52N4O5S. The number of hydrogen-bond acceptors (Lipinski definition) is 8. The van der Waals surface area contributed by atoms with Crippen molar-refractivity contribution in [3.05, 3.63) is 58.9 Å². The Morgan fingerprint density at radius 2 is 1.74 bits per heavy atom. The predicted molar refractivity (Wildman–Crippen MR) is 196 cm³/mol. The van der Waals surface area contributed by atoms with Gasteiger partial charge in [0.1, 0.15) is 17.7 Å². The van der Waals surface area contributed by atoms with Crippen LogP contribution in [0.4, 0.5) is 10.6 Å². The fourth-order valence-electron chi connectivity index (χ4n) is 8.86. The number of nitrogens with zero attached hydrogens (tertiary/aromatic N) is 4. The quantitative estimate of drug-likeness (QED) is 0.229. The Labute approximate surface area is 300 Å². The molecule has 3 aromatic rings. The summed E-state index contributed by atoms with van der Waals surface area (Å²) in [6, 6.07) is 10.8. The van der Waals surface area contributed by atoms with Crippen LogP contribution < -0.4 is 9.64 Å². The highest BCUT2D eigenvalue weighted by Gasteiger charge is 2.51. The average molecular weight is 701 g/mol. The molecule has 10 heteroatoms. The van der Waals surface area contributed by atoms with Crippen LogP contribution in [0.15, 0.2) is 42.7 Å². The minimum atomic E-state index is -0.301. The van der Waals surface area contributed by atoms with Crippen molar-refractivity contribution in [2.45, 2.75) is 102 Å². The fourth-order valence-corrected chi connectivity index (χ4v) is 9.77. The molecule has 0 spiro atoms. The Kier molecular flexibility index (Phi) is 9.96. The fraction of sp³-hybridized carbons (Fsp3) is 0.600. The van der Waals surface area contributed by atoms with E-state index in [1.165, 1.54) is 11.1 Å². The minimum Gasteiger partial charge on any atom is -0.496 e. The number of aliphatic hydroxyl groups excluding tert-OH is 1. The number of ether oxygens (including phenoxy) is 2. The van der Waals surface area contributed by atoms with E-state index in [4.69, 9.17) is 14.5 Å². The van der Waals surface area contributed by atoms with E-state index in [0.717, 1.165) is 65.5 Å². The third-order valence-corrected chi connectivity index (χ3v) is 13.6.